The molecule has 2 heterocycles. The van der Waals surface area contributed by atoms with E-state index in [1.807, 2.05) is 97.1 Å². The lowest BCUT2D eigenvalue weighted by atomic mass is 10.0. The van der Waals surface area contributed by atoms with Crippen molar-refractivity contribution < 1.29 is 19.8 Å². The maximum atomic E-state index is 12.9. The molecule has 7 heteroatoms. The Kier molecular flexibility index (Phi) is 9.58. The van der Waals surface area contributed by atoms with Crippen LogP contribution in [-0.2, 0) is 12.8 Å². The smallest absolute Gasteiger partial charge is 0.167 e. The highest BCUT2D eigenvalue weighted by atomic mass is 16.3. The van der Waals surface area contributed by atoms with Crippen LogP contribution in [0.25, 0.3) is 0 Å². The Morgan fingerprint density at radius 2 is 0.867 bits per heavy atom. The van der Waals surface area contributed by atoms with Crippen molar-refractivity contribution in [1.29, 1.82) is 0 Å². The molecule has 2 fully saturated rings. The monoisotopic (exact) mass is 603 g/mol. The molecule has 7 nitrogen and oxygen atoms in total. The fraction of sp³-hybridized carbons (Fsp3) is 0.316. The van der Waals surface area contributed by atoms with Gasteiger partial charge in [0.25, 0.3) is 0 Å². The molecule has 0 atom stereocenters. The minimum atomic E-state index is -0.204. The Morgan fingerprint density at radius 3 is 1.20 bits per heavy atom. The number of anilines is 4. The van der Waals surface area contributed by atoms with Gasteiger partial charge in [0.1, 0.15) is 0 Å². The number of nitrogens with one attached hydrogen (secondary N) is 1. The predicted molar refractivity (Wildman–Crippen MR) is 180 cm³/mol. The number of benzene rings is 4. The summed E-state index contributed by atoms with van der Waals surface area (Å²) < 4.78 is 0. The molecule has 0 amide bonds. The Morgan fingerprint density at radius 1 is 0.533 bits per heavy atom. The van der Waals surface area contributed by atoms with E-state index in [-0.39, 0.29) is 23.8 Å². The van der Waals surface area contributed by atoms with Crippen LogP contribution in [0.4, 0.5) is 22.7 Å². The predicted octanol–water partition coefficient (Wildman–Crippen LogP) is 6.20. The van der Waals surface area contributed by atoms with E-state index in [9.17, 15) is 19.8 Å². The number of hydrogen-bond acceptors (Lipinski definition) is 7. The van der Waals surface area contributed by atoms with E-state index in [4.69, 9.17) is 0 Å². The summed E-state index contributed by atoms with van der Waals surface area (Å²) in [7, 11) is 0. The lowest BCUT2D eigenvalue weighted by molar-refractivity contribution is 0.0985. The summed E-state index contributed by atoms with van der Waals surface area (Å²) in [5.74, 6) is 0.167. The zero-order chi connectivity index (χ0) is 31.2. The van der Waals surface area contributed by atoms with Gasteiger partial charge in [-0.3, -0.25) is 9.59 Å². The average molecular weight is 604 g/mol. The van der Waals surface area contributed by atoms with Gasteiger partial charge in [-0.2, -0.15) is 0 Å². The van der Waals surface area contributed by atoms with Crippen molar-refractivity contribution in [2.45, 2.75) is 50.7 Å². The van der Waals surface area contributed by atoms with E-state index in [1.165, 1.54) is 0 Å². The van der Waals surface area contributed by atoms with Crippen molar-refractivity contribution >= 4 is 34.3 Å². The van der Waals surface area contributed by atoms with Crippen LogP contribution in [0.5, 0.6) is 0 Å². The van der Waals surface area contributed by atoms with Gasteiger partial charge in [-0.1, -0.05) is 24.3 Å². The third-order valence-electron chi connectivity index (χ3n) is 8.96. The highest BCUT2D eigenvalue weighted by Crippen LogP contribution is 2.24. The maximum absolute atomic E-state index is 12.9. The van der Waals surface area contributed by atoms with Crippen molar-refractivity contribution in [1.82, 2.24) is 0 Å². The third kappa shape index (κ3) is 7.98. The molecular formula is C38H41N3O4. The maximum Gasteiger partial charge on any atom is 0.167 e. The molecule has 0 bridgehead atoms. The first-order valence-corrected chi connectivity index (χ1v) is 16.0. The second-order valence-corrected chi connectivity index (χ2v) is 12.2. The highest BCUT2D eigenvalue weighted by molar-refractivity contribution is 5.98. The topological polar surface area (TPSA) is 93.1 Å². The summed E-state index contributed by atoms with van der Waals surface area (Å²) in [5.41, 5.74) is 7.35. The van der Waals surface area contributed by atoms with Crippen molar-refractivity contribution in [3.63, 3.8) is 0 Å². The van der Waals surface area contributed by atoms with Gasteiger partial charge in [-0.15, -0.1) is 0 Å². The fourth-order valence-electron chi connectivity index (χ4n) is 6.12. The summed E-state index contributed by atoms with van der Waals surface area (Å²) in [6.45, 7) is 3.34. The summed E-state index contributed by atoms with van der Waals surface area (Å²) in [5, 5.41) is 22.9. The minimum absolute atomic E-state index is 0.0835. The summed E-state index contributed by atoms with van der Waals surface area (Å²) in [4.78, 5) is 30.3. The summed E-state index contributed by atoms with van der Waals surface area (Å²) in [6, 6.07) is 31.4. The fourth-order valence-corrected chi connectivity index (χ4v) is 6.12. The normalized spacial score (nSPS) is 16.0. The molecule has 2 saturated heterocycles. The highest BCUT2D eigenvalue weighted by Gasteiger charge is 2.19. The SMILES string of the molecule is O=C(Cc1ccc(Nc2ccc(CC(=O)c3ccc(N4CCC(O)CC4)cc3)cc2)cc1)c1ccc(N2CCC(O)CC2)cc1. The number of piperidine rings is 2. The van der Waals surface area contributed by atoms with Gasteiger partial charge in [-0.05, 0) is 110 Å². The zero-order valence-corrected chi connectivity index (χ0v) is 25.6. The zero-order valence-electron chi connectivity index (χ0n) is 25.6. The van der Waals surface area contributed by atoms with Crippen molar-refractivity contribution in [2.75, 3.05) is 41.3 Å². The average Bonchev–Trinajstić information content (AvgIpc) is 3.07. The van der Waals surface area contributed by atoms with Gasteiger partial charge >= 0.3 is 0 Å². The Hall–Kier alpha value is -4.46. The molecule has 4 aromatic carbocycles. The van der Waals surface area contributed by atoms with E-state index in [0.717, 1.165) is 85.7 Å². The molecule has 0 saturated carbocycles. The van der Waals surface area contributed by atoms with Crippen LogP contribution in [0, 0.1) is 0 Å². The van der Waals surface area contributed by atoms with E-state index in [0.29, 0.717) is 24.0 Å². The third-order valence-corrected chi connectivity index (χ3v) is 8.96. The van der Waals surface area contributed by atoms with Crippen LogP contribution < -0.4 is 15.1 Å². The lowest BCUT2D eigenvalue weighted by Gasteiger charge is -2.31. The van der Waals surface area contributed by atoms with Crippen molar-refractivity contribution in [2.24, 2.45) is 0 Å². The molecule has 3 N–H and O–H groups in total. The van der Waals surface area contributed by atoms with Crippen LogP contribution in [0.1, 0.15) is 57.5 Å². The number of Topliss-reactive ketones (excluding diaryl/α,β-unsaturated/α-hetero) is 2. The van der Waals surface area contributed by atoms with Crippen LogP contribution in [-0.4, -0.2) is 60.2 Å². The summed E-state index contributed by atoms with van der Waals surface area (Å²) >= 11 is 0. The number of ketones is 2. The molecule has 0 spiro atoms. The van der Waals surface area contributed by atoms with Gasteiger partial charge in [0.15, 0.2) is 11.6 Å². The molecule has 2 aliphatic rings. The molecule has 232 valence electrons. The first-order chi connectivity index (χ1) is 21.9. The first kappa shape index (κ1) is 30.6. The largest absolute Gasteiger partial charge is 0.393 e. The molecule has 2 aliphatic heterocycles. The molecule has 6 rings (SSSR count). The van der Waals surface area contributed by atoms with E-state index < -0.39 is 0 Å². The Balaban J connectivity index is 0.976. The van der Waals surface area contributed by atoms with Crippen molar-refractivity contribution in [3.8, 4) is 0 Å². The van der Waals surface area contributed by atoms with E-state index in [2.05, 4.69) is 15.1 Å². The molecule has 0 aromatic heterocycles. The quantitative estimate of drug-likeness (QED) is 0.186. The second kappa shape index (κ2) is 14.1. The lowest BCUT2D eigenvalue weighted by Crippen LogP contribution is -2.35. The van der Waals surface area contributed by atoms with Gasteiger partial charge in [0.2, 0.25) is 0 Å². The van der Waals surface area contributed by atoms with Crippen LogP contribution in [0.15, 0.2) is 97.1 Å². The first-order valence-electron chi connectivity index (χ1n) is 16.0. The number of hydrogen-bond donors (Lipinski definition) is 3. The van der Waals surface area contributed by atoms with Gasteiger partial charge in [0.05, 0.1) is 12.2 Å². The Labute approximate surface area is 265 Å². The van der Waals surface area contributed by atoms with Gasteiger partial charge in [-0.25, -0.2) is 0 Å². The van der Waals surface area contributed by atoms with Crippen LogP contribution in [0.2, 0.25) is 0 Å². The van der Waals surface area contributed by atoms with Crippen LogP contribution in [0.3, 0.4) is 0 Å². The number of rotatable bonds is 10. The number of carbonyl (C=O) groups excluding carboxylic acids is 2. The van der Waals surface area contributed by atoms with E-state index >= 15 is 0 Å². The second-order valence-electron chi connectivity index (χ2n) is 12.2. The van der Waals surface area contributed by atoms with Gasteiger partial charge < -0.3 is 25.3 Å². The molecule has 4 aromatic rings. The van der Waals surface area contributed by atoms with Crippen LogP contribution >= 0.6 is 0 Å². The van der Waals surface area contributed by atoms with Crippen molar-refractivity contribution in [3.05, 3.63) is 119 Å². The number of aliphatic hydroxyl groups excluding tert-OH is 2. The van der Waals surface area contributed by atoms with Gasteiger partial charge in [0, 0.05) is 72.9 Å². The standard InChI is InChI=1S/C38H41N3O4/c42-35-17-21-40(22-18-35)33-13-5-29(6-14-33)37(44)25-27-1-9-31(10-2-27)39-32-11-3-28(4-12-32)26-38(45)30-7-15-34(16-8-30)41-23-19-36(43)20-24-41/h1-16,35-36,39,42-43H,17-26H2. The number of aliphatic hydroxyl groups is 2. The number of nitrogens with zero attached hydrogens (tertiary/aromatic N) is 2. The molecule has 0 aliphatic carbocycles. The Bertz CT molecular complexity index is 1450. The molecule has 45 heavy (non-hydrogen) atoms. The number of carbonyl (C=O) groups is 2. The molecule has 0 radical (unpaired) electrons. The molecular weight excluding hydrogens is 562 g/mol. The van der Waals surface area contributed by atoms with E-state index in [1.54, 1.807) is 0 Å². The molecule has 0 unspecified atom stereocenters. The minimum Gasteiger partial charge on any atom is -0.393 e. The summed E-state index contributed by atoms with van der Waals surface area (Å²) in [6.07, 6.45) is 3.38.